The van der Waals surface area contributed by atoms with E-state index in [0.29, 0.717) is 18.5 Å². The van der Waals surface area contributed by atoms with Gasteiger partial charge in [-0.25, -0.2) is 0 Å². The second-order valence-electron chi connectivity index (χ2n) is 3.85. The lowest BCUT2D eigenvalue weighted by molar-refractivity contribution is 0.0952. The van der Waals surface area contributed by atoms with Gasteiger partial charge in [-0.2, -0.15) is 5.26 Å². The first-order valence-electron chi connectivity index (χ1n) is 5.56. The van der Waals surface area contributed by atoms with Crippen molar-refractivity contribution in [1.29, 1.82) is 5.26 Å². The Balaban J connectivity index is 2.47. The third kappa shape index (κ3) is 4.58. The van der Waals surface area contributed by atoms with Crippen LogP contribution < -0.4 is 5.32 Å². The molecule has 0 fully saturated rings. The zero-order chi connectivity index (χ0) is 12.7. The number of nitrogens with zero attached hydrogens (tertiary/aromatic N) is 1. The van der Waals surface area contributed by atoms with Crippen LogP contribution in [0.15, 0.2) is 22.7 Å². The van der Waals surface area contributed by atoms with Crippen LogP contribution in [0.4, 0.5) is 0 Å². The molecular weight excluding hydrogens is 280 g/mol. The van der Waals surface area contributed by atoms with Crippen molar-refractivity contribution >= 4 is 21.8 Å². The van der Waals surface area contributed by atoms with Gasteiger partial charge in [0.2, 0.25) is 0 Å². The van der Waals surface area contributed by atoms with Crippen molar-refractivity contribution < 1.29 is 4.79 Å². The summed E-state index contributed by atoms with van der Waals surface area (Å²) >= 11 is 3.36. The van der Waals surface area contributed by atoms with Crippen LogP contribution in [0.25, 0.3) is 0 Å². The van der Waals surface area contributed by atoms with Gasteiger partial charge < -0.3 is 5.32 Å². The molecule has 0 aliphatic rings. The second kappa shape index (κ2) is 7.08. The van der Waals surface area contributed by atoms with Crippen LogP contribution in [-0.2, 0) is 0 Å². The maximum atomic E-state index is 11.8. The normalized spacial score (nSPS) is 9.71. The van der Waals surface area contributed by atoms with E-state index >= 15 is 0 Å². The summed E-state index contributed by atoms with van der Waals surface area (Å²) in [6, 6.07) is 7.77. The highest BCUT2D eigenvalue weighted by Gasteiger charge is 2.08. The zero-order valence-corrected chi connectivity index (χ0v) is 11.4. The number of aryl methyl sites for hydroxylation is 1. The van der Waals surface area contributed by atoms with Gasteiger partial charge in [0.25, 0.3) is 5.91 Å². The Morgan fingerprint density at radius 1 is 1.47 bits per heavy atom. The van der Waals surface area contributed by atoms with Crippen LogP contribution in [0.2, 0.25) is 0 Å². The molecule has 0 saturated carbocycles. The number of halogens is 1. The summed E-state index contributed by atoms with van der Waals surface area (Å²) in [6.45, 7) is 2.57. The summed E-state index contributed by atoms with van der Waals surface area (Å²) in [5, 5.41) is 11.2. The number of nitriles is 1. The lowest BCUT2D eigenvalue weighted by atomic mass is 10.1. The number of benzene rings is 1. The quantitative estimate of drug-likeness (QED) is 0.848. The van der Waals surface area contributed by atoms with Gasteiger partial charge in [0.15, 0.2) is 0 Å². The molecule has 3 nitrogen and oxygen atoms in total. The number of nitrogens with one attached hydrogen (secondary N) is 1. The topological polar surface area (TPSA) is 52.9 Å². The van der Waals surface area contributed by atoms with Gasteiger partial charge in [0.1, 0.15) is 0 Å². The molecule has 4 heteroatoms. The Morgan fingerprint density at radius 2 is 2.24 bits per heavy atom. The first-order chi connectivity index (χ1) is 8.15. The Kier molecular flexibility index (Phi) is 5.71. The molecule has 17 heavy (non-hydrogen) atoms. The lowest BCUT2D eigenvalue weighted by Gasteiger charge is -2.07. The number of hydrogen-bond donors (Lipinski definition) is 1. The molecule has 0 radical (unpaired) electrons. The molecule has 90 valence electrons. The molecule has 0 bridgehead atoms. The smallest absolute Gasteiger partial charge is 0.252 e. The maximum absolute atomic E-state index is 11.8. The molecule has 0 spiro atoms. The van der Waals surface area contributed by atoms with Gasteiger partial charge in [-0.05, 0) is 47.8 Å². The van der Waals surface area contributed by atoms with Gasteiger partial charge in [0.05, 0.1) is 11.6 Å². The van der Waals surface area contributed by atoms with Gasteiger partial charge in [0, 0.05) is 17.4 Å². The van der Waals surface area contributed by atoms with Crippen molar-refractivity contribution in [3.8, 4) is 6.07 Å². The van der Waals surface area contributed by atoms with Gasteiger partial charge in [-0.15, -0.1) is 0 Å². The molecular formula is C13H15BrN2O. The average molecular weight is 295 g/mol. The molecule has 0 heterocycles. The summed E-state index contributed by atoms with van der Waals surface area (Å²) in [5.74, 6) is -0.0717. The average Bonchev–Trinajstić information content (AvgIpc) is 2.32. The minimum Gasteiger partial charge on any atom is -0.352 e. The van der Waals surface area contributed by atoms with Gasteiger partial charge in [-0.1, -0.05) is 11.6 Å². The third-order valence-corrected chi connectivity index (χ3v) is 3.06. The first kappa shape index (κ1) is 13.7. The predicted molar refractivity (Wildman–Crippen MR) is 70.7 cm³/mol. The standard InChI is InChI=1S/C13H15BrN2O/c1-10-5-6-12(14)11(9-10)13(17)16-8-4-2-3-7-15/h5-6,9H,2-4,8H2,1H3,(H,16,17). The van der Waals surface area contributed by atoms with Crippen LogP contribution in [0.5, 0.6) is 0 Å². The highest BCUT2D eigenvalue weighted by molar-refractivity contribution is 9.10. The summed E-state index contributed by atoms with van der Waals surface area (Å²) in [7, 11) is 0. The van der Waals surface area contributed by atoms with E-state index < -0.39 is 0 Å². The fraction of sp³-hybridized carbons (Fsp3) is 0.385. The third-order valence-electron chi connectivity index (χ3n) is 2.37. The minimum absolute atomic E-state index is 0.0717. The van der Waals surface area contributed by atoms with Crippen molar-refractivity contribution in [2.24, 2.45) is 0 Å². The van der Waals surface area contributed by atoms with Crippen LogP contribution in [-0.4, -0.2) is 12.5 Å². The number of amides is 1. The van der Waals surface area contributed by atoms with Crippen molar-refractivity contribution in [1.82, 2.24) is 5.32 Å². The maximum Gasteiger partial charge on any atom is 0.252 e. The Labute approximate surface area is 110 Å². The zero-order valence-electron chi connectivity index (χ0n) is 9.79. The molecule has 1 amide bonds. The Hall–Kier alpha value is -1.34. The van der Waals surface area contributed by atoms with Crippen LogP contribution in [0.3, 0.4) is 0 Å². The van der Waals surface area contributed by atoms with E-state index in [1.807, 2.05) is 25.1 Å². The molecule has 1 rings (SSSR count). The fourth-order valence-corrected chi connectivity index (χ4v) is 1.87. The van der Waals surface area contributed by atoms with Crippen LogP contribution >= 0.6 is 15.9 Å². The number of rotatable bonds is 5. The second-order valence-corrected chi connectivity index (χ2v) is 4.71. The van der Waals surface area contributed by atoms with E-state index in [4.69, 9.17) is 5.26 Å². The highest BCUT2D eigenvalue weighted by atomic mass is 79.9. The molecule has 0 aliphatic heterocycles. The summed E-state index contributed by atoms with van der Waals surface area (Å²) in [6.07, 6.45) is 2.21. The predicted octanol–water partition coefficient (Wildman–Crippen LogP) is 3.18. The lowest BCUT2D eigenvalue weighted by Crippen LogP contribution is -2.24. The Morgan fingerprint density at radius 3 is 2.94 bits per heavy atom. The molecule has 0 atom stereocenters. The molecule has 0 saturated heterocycles. The van der Waals surface area contributed by atoms with E-state index in [1.165, 1.54) is 0 Å². The molecule has 0 aliphatic carbocycles. The number of hydrogen-bond acceptors (Lipinski definition) is 2. The largest absolute Gasteiger partial charge is 0.352 e. The summed E-state index contributed by atoms with van der Waals surface area (Å²) in [5.41, 5.74) is 1.72. The van der Waals surface area contributed by atoms with E-state index in [0.717, 1.165) is 22.9 Å². The number of unbranched alkanes of at least 4 members (excludes halogenated alkanes) is 2. The first-order valence-corrected chi connectivity index (χ1v) is 6.35. The molecule has 1 aromatic rings. The SMILES string of the molecule is Cc1ccc(Br)c(C(=O)NCCCCC#N)c1. The number of carbonyl (C=O) groups is 1. The fourth-order valence-electron chi connectivity index (χ4n) is 1.44. The van der Waals surface area contributed by atoms with Gasteiger partial charge >= 0.3 is 0 Å². The Bertz CT molecular complexity index is 438. The summed E-state index contributed by atoms with van der Waals surface area (Å²) in [4.78, 5) is 11.8. The van der Waals surface area contributed by atoms with Crippen molar-refractivity contribution in [2.75, 3.05) is 6.54 Å². The molecule has 1 N–H and O–H groups in total. The van der Waals surface area contributed by atoms with Crippen molar-refractivity contribution in [2.45, 2.75) is 26.2 Å². The van der Waals surface area contributed by atoms with Crippen molar-refractivity contribution in [3.05, 3.63) is 33.8 Å². The molecule has 0 unspecified atom stereocenters. The molecule has 1 aromatic carbocycles. The van der Waals surface area contributed by atoms with Crippen LogP contribution in [0.1, 0.15) is 35.2 Å². The van der Waals surface area contributed by atoms with E-state index in [2.05, 4.69) is 27.3 Å². The monoisotopic (exact) mass is 294 g/mol. The van der Waals surface area contributed by atoms with E-state index in [-0.39, 0.29) is 5.91 Å². The van der Waals surface area contributed by atoms with E-state index in [1.54, 1.807) is 0 Å². The number of carbonyl (C=O) groups excluding carboxylic acids is 1. The summed E-state index contributed by atoms with van der Waals surface area (Å²) < 4.78 is 0.803. The van der Waals surface area contributed by atoms with Gasteiger partial charge in [-0.3, -0.25) is 4.79 Å². The van der Waals surface area contributed by atoms with Crippen LogP contribution in [0, 0.1) is 18.3 Å². The molecule has 0 aromatic heterocycles. The van der Waals surface area contributed by atoms with E-state index in [9.17, 15) is 4.79 Å². The highest BCUT2D eigenvalue weighted by Crippen LogP contribution is 2.17. The van der Waals surface area contributed by atoms with Crippen molar-refractivity contribution in [3.63, 3.8) is 0 Å². The minimum atomic E-state index is -0.0717.